The molecule has 2 saturated heterocycles. The molecule has 6 nitrogen and oxygen atoms in total. The molecular weight excluding hydrogens is 280 g/mol. The molecule has 0 spiro atoms. The molecule has 1 aromatic carbocycles. The van der Waals surface area contributed by atoms with Crippen LogP contribution in [0.15, 0.2) is 42.5 Å². The number of hydrogen-bond acceptors (Lipinski definition) is 4. The summed E-state index contributed by atoms with van der Waals surface area (Å²) in [6.07, 6.45) is 0.0617. The monoisotopic (exact) mass is 296 g/mol. The van der Waals surface area contributed by atoms with Gasteiger partial charge < -0.3 is 14.9 Å². The summed E-state index contributed by atoms with van der Waals surface area (Å²) >= 11 is 0. The fourth-order valence-corrected chi connectivity index (χ4v) is 3.42. The summed E-state index contributed by atoms with van der Waals surface area (Å²) in [6, 6.07) is 14.2. The van der Waals surface area contributed by atoms with E-state index in [0.29, 0.717) is 13.1 Å². The van der Waals surface area contributed by atoms with Crippen LogP contribution in [0.5, 0.6) is 0 Å². The van der Waals surface area contributed by atoms with Gasteiger partial charge in [-0.15, -0.1) is 10.2 Å². The molecule has 0 radical (unpaired) electrons. The molecule has 22 heavy (non-hydrogen) atoms. The van der Waals surface area contributed by atoms with Gasteiger partial charge in [0.25, 0.3) is 0 Å². The molecule has 2 aliphatic heterocycles. The standard InChI is InChI=1S/C16H16N4O2/c21-16(22)20-10-12-8-13(20)9-19(12)15-7-6-14(17-18-15)11-4-2-1-3-5-11/h1-7,12-13H,8-10H2,(H,21,22)/t12?,13-/m0/s1. The van der Waals surface area contributed by atoms with Crippen molar-refractivity contribution in [2.24, 2.45) is 0 Å². The van der Waals surface area contributed by atoms with Crippen LogP contribution in [0.2, 0.25) is 0 Å². The highest BCUT2D eigenvalue weighted by Crippen LogP contribution is 2.33. The summed E-state index contributed by atoms with van der Waals surface area (Å²) in [6.45, 7) is 1.26. The zero-order valence-electron chi connectivity index (χ0n) is 12.0. The summed E-state index contributed by atoms with van der Waals surface area (Å²) in [5.41, 5.74) is 1.89. The van der Waals surface area contributed by atoms with Gasteiger partial charge >= 0.3 is 6.09 Å². The molecule has 1 amide bonds. The Balaban J connectivity index is 1.53. The molecule has 2 aromatic rings. The highest BCUT2D eigenvalue weighted by atomic mass is 16.4. The van der Waals surface area contributed by atoms with Crippen molar-refractivity contribution >= 4 is 11.9 Å². The molecule has 4 rings (SSSR count). The van der Waals surface area contributed by atoms with Crippen LogP contribution in [-0.2, 0) is 0 Å². The van der Waals surface area contributed by atoms with Gasteiger partial charge in [-0.1, -0.05) is 30.3 Å². The minimum Gasteiger partial charge on any atom is -0.465 e. The summed E-state index contributed by atoms with van der Waals surface area (Å²) in [5.74, 6) is 0.831. The van der Waals surface area contributed by atoms with Gasteiger partial charge in [-0.3, -0.25) is 0 Å². The van der Waals surface area contributed by atoms with E-state index < -0.39 is 6.09 Å². The molecule has 2 bridgehead atoms. The van der Waals surface area contributed by atoms with Gasteiger partial charge in [0.2, 0.25) is 0 Å². The van der Waals surface area contributed by atoms with Crippen molar-refractivity contribution in [3.05, 3.63) is 42.5 Å². The van der Waals surface area contributed by atoms with E-state index in [4.69, 9.17) is 5.11 Å². The lowest BCUT2D eigenvalue weighted by atomic mass is 10.1. The van der Waals surface area contributed by atoms with Crippen LogP contribution >= 0.6 is 0 Å². The van der Waals surface area contributed by atoms with Gasteiger partial charge in [0.15, 0.2) is 5.82 Å². The second-order valence-electron chi connectivity index (χ2n) is 5.77. The highest BCUT2D eigenvalue weighted by molar-refractivity contribution is 5.67. The number of rotatable bonds is 2. The largest absolute Gasteiger partial charge is 0.465 e. The Labute approximate surface area is 128 Å². The predicted molar refractivity (Wildman–Crippen MR) is 81.7 cm³/mol. The quantitative estimate of drug-likeness (QED) is 0.919. The molecule has 2 aliphatic rings. The fourth-order valence-electron chi connectivity index (χ4n) is 3.42. The summed E-state index contributed by atoms with van der Waals surface area (Å²) < 4.78 is 0. The van der Waals surface area contributed by atoms with Gasteiger partial charge in [-0.25, -0.2) is 4.79 Å². The van der Waals surface area contributed by atoms with E-state index in [-0.39, 0.29) is 12.1 Å². The van der Waals surface area contributed by atoms with Crippen molar-refractivity contribution in [1.82, 2.24) is 15.1 Å². The Hall–Kier alpha value is -2.63. The number of nitrogens with zero attached hydrogens (tertiary/aromatic N) is 4. The van der Waals surface area contributed by atoms with Crippen LogP contribution in [-0.4, -0.2) is 51.5 Å². The fraction of sp³-hybridized carbons (Fsp3) is 0.312. The Bertz CT molecular complexity index is 689. The Morgan fingerprint density at radius 3 is 2.45 bits per heavy atom. The first-order valence-corrected chi connectivity index (χ1v) is 7.38. The third-order valence-corrected chi connectivity index (χ3v) is 4.50. The average molecular weight is 296 g/mol. The Morgan fingerprint density at radius 2 is 1.86 bits per heavy atom. The lowest BCUT2D eigenvalue weighted by Crippen LogP contribution is -2.48. The van der Waals surface area contributed by atoms with Crippen LogP contribution in [0.25, 0.3) is 11.3 Å². The average Bonchev–Trinajstić information content (AvgIpc) is 3.16. The number of amides is 1. The van der Waals surface area contributed by atoms with Crippen molar-refractivity contribution in [2.75, 3.05) is 18.0 Å². The second kappa shape index (κ2) is 4.98. The number of carboxylic acid groups (broad SMARTS) is 1. The SMILES string of the molecule is O=C(O)N1CC2C[C@H]1CN2c1ccc(-c2ccccc2)nn1. The molecule has 1 unspecified atom stereocenters. The van der Waals surface area contributed by atoms with Crippen LogP contribution in [0.4, 0.5) is 10.6 Å². The number of hydrogen-bond donors (Lipinski definition) is 1. The number of piperazine rings is 1. The van der Waals surface area contributed by atoms with Gasteiger partial charge in [-0.05, 0) is 18.6 Å². The molecule has 6 heteroatoms. The molecule has 2 fully saturated rings. The van der Waals surface area contributed by atoms with Crippen LogP contribution in [0, 0.1) is 0 Å². The van der Waals surface area contributed by atoms with Crippen molar-refractivity contribution < 1.29 is 9.90 Å². The third-order valence-electron chi connectivity index (χ3n) is 4.50. The van der Waals surface area contributed by atoms with E-state index in [0.717, 1.165) is 23.5 Å². The second-order valence-corrected chi connectivity index (χ2v) is 5.77. The first-order chi connectivity index (χ1) is 10.7. The maximum atomic E-state index is 11.1. The van der Waals surface area contributed by atoms with E-state index in [1.165, 1.54) is 4.90 Å². The molecule has 0 saturated carbocycles. The van der Waals surface area contributed by atoms with E-state index in [1.54, 1.807) is 0 Å². The minimum absolute atomic E-state index is 0.0816. The molecule has 1 N–H and O–H groups in total. The zero-order valence-corrected chi connectivity index (χ0v) is 12.0. The number of carbonyl (C=O) groups is 1. The van der Waals surface area contributed by atoms with Crippen LogP contribution < -0.4 is 4.90 Å². The van der Waals surface area contributed by atoms with E-state index in [1.807, 2.05) is 42.5 Å². The van der Waals surface area contributed by atoms with Crippen LogP contribution in [0.1, 0.15) is 6.42 Å². The Kier molecular flexibility index (Phi) is 2.96. The maximum absolute atomic E-state index is 11.1. The third kappa shape index (κ3) is 2.07. The van der Waals surface area contributed by atoms with Gasteiger partial charge in [-0.2, -0.15) is 0 Å². The molecule has 2 atom stereocenters. The van der Waals surface area contributed by atoms with Crippen molar-refractivity contribution in [3.8, 4) is 11.3 Å². The molecule has 1 aromatic heterocycles. The topological polar surface area (TPSA) is 69.6 Å². The molecule has 0 aliphatic carbocycles. The van der Waals surface area contributed by atoms with Crippen LogP contribution in [0.3, 0.4) is 0 Å². The minimum atomic E-state index is -0.822. The summed E-state index contributed by atoms with van der Waals surface area (Å²) in [7, 11) is 0. The molecule has 112 valence electrons. The van der Waals surface area contributed by atoms with Crippen molar-refractivity contribution in [2.45, 2.75) is 18.5 Å². The van der Waals surface area contributed by atoms with E-state index in [9.17, 15) is 4.79 Å². The first kappa shape index (κ1) is 13.1. The highest BCUT2D eigenvalue weighted by Gasteiger charge is 2.45. The maximum Gasteiger partial charge on any atom is 0.407 e. The molecular formula is C16H16N4O2. The van der Waals surface area contributed by atoms with Gasteiger partial charge in [0.1, 0.15) is 0 Å². The van der Waals surface area contributed by atoms with E-state index >= 15 is 0 Å². The number of aromatic nitrogens is 2. The van der Waals surface area contributed by atoms with Gasteiger partial charge in [0.05, 0.1) is 17.8 Å². The lowest BCUT2D eigenvalue weighted by Gasteiger charge is -2.33. The predicted octanol–water partition coefficient (Wildman–Crippen LogP) is 2.08. The zero-order chi connectivity index (χ0) is 15.1. The summed E-state index contributed by atoms with van der Waals surface area (Å²) in [5, 5.41) is 17.8. The first-order valence-electron chi connectivity index (χ1n) is 7.38. The van der Waals surface area contributed by atoms with E-state index in [2.05, 4.69) is 15.1 Å². The number of anilines is 1. The summed E-state index contributed by atoms with van der Waals surface area (Å²) in [4.78, 5) is 14.8. The van der Waals surface area contributed by atoms with Crippen molar-refractivity contribution in [3.63, 3.8) is 0 Å². The molecule has 3 heterocycles. The normalized spacial score (nSPS) is 23.1. The Morgan fingerprint density at radius 1 is 1.05 bits per heavy atom. The smallest absolute Gasteiger partial charge is 0.407 e. The number of likely N-dealkylation sites (tertiary alicyclic amines) is 1. The lowest BCUT2D eigenvalue weighted by molar-refractivity contribution is 0.137. The number of fused-ring (bicyclic) bond motifs is 2. The number of benzene rings is 1. The van der Waals surface area contributed by atoms with Gasteiger partial charge in [0, 0.05) is 18.7 Å². The van der Waals surface area contributed by atoms with Crippen molar-refractivity contribution in [1.29, 1.82) is 0 Å².